The molecule has 22 heavy (non-hydrogen) atoms. The summed E-state index contributed by atoms with van der Waals surface area (Å²) < 4.78 is 0. The van der Waals surface area contributed by atoms with Gasteiger partial charge in [0.15, 0.2) is 5.41 Å². The molecule has 0 radical (unpaired) electrons. The largest absolute Gasteiger partial charge is 0.480 e. The SMILES string of the molecule is CCCCCCCC/C=C/C1CCCCC1(C(=O)O)C(=O)O. The summed E-state index contributed by atoms with van der Waals surface area (Å²) in [6.45, 7) is 2.20. The van der Waals surface area contributed by atoms with Gasteiger partial charge in [-0.25, -0.2) is 0 Å². The molecule has 1 unspecified atom stereocenters. The van der Waals surface area contributed by atoms with Crippen molar-refractivity contribution in [2.24, 2.45) is 11.3 Å². The molecule has 1 fully saturated rings. The van der Waals surface area contributed by atoms with Crippen molar-refractivity contribution in [1.82, 2.24) is 0 Å². The van der Waals surface area contributed by atoms with Gasteiger partial charge in [-0.3, -0.25) is 9.59 Å². The van der Waals surface area contributed by atoms with E-state index in [4.69, 9.17) is 0 Å². The average Bonchev–Trinajstić information content (AvgIpc) is 2.49. The van der Waals surface area contributed by atoms with Crippen LogP contribution in [-0.2, 0) is 9.59 Å². The van der Waals surface area contributed by atoms with Crippen LogP contribution in [0.4, 0.5) is 0 Å². The maximum Gasteiger partial charge on any atom is 0.321 e. The van der Waals surface area contributed by atoms with E-state index < -0.39 is 17.4 Å². The minimum atomic E-state index is -1.62. The minimum Gasteiger partial charge on any atom is -0.480 e. The van der Waals surface area contributed by atoms with Gasteiger partial charge in [0.25, 0.3) is 0 Å². The molecule has 0 saturated heterocycles. The smallest absolute Gasteiger partial charge is 0.321 e. The number of carboxylic acid groups (broad SMARTS) is 2. The molecule has 1 saturated carbocycles. The summed E-state index contributed by atoms with van der Waals surface area (Å²) in [4.78, 5) is 23.1. The zero-order chi connectivity index (χ0) is 16.4. The molecule has 4 nitrogen and oxygen atoms in total. The van der Waals surface area contributed by atoms with Gasteiger partial charge in [0.1, 0.15) is 0 Å². The first-order valence-electron chi connectivity index (χ1n) is 8.69. The van der Waals surface area contributed by atoms with Gasteiger partial charge in [-0.05, 0) is 25.7 Å². The number of aliphatic carboxylic acids is 2. The van der Waals surface area contributed by atoms with Gasteiger partial charge >= 0.3 is 11.9 Å². The number of hydrogen-bond acceptors (Lipinski definition) is 2. The van der Waals surface area contributed by atoms with Crippen LogP contribution < -0.4 is 0 Å². The van der Waals surface area contributed by atoms with E-state index in [1.165, 1.54) is 32.1 Å². The Labute approximate surface area is 133 Å². The Kier molecular flexibility index (Phi) is 8.21. The highest BCUT2D eigenvalue weighted by molar-refractivity contribution is 5.99. The second-order valence-electron chi connectivity index (χ2n) is 6.42. The Morgan fingerprint density at radius 2 is 1.68 bits per heavy atom. The molecule has 0 aromatic heterocycles. The first-order chi connectivity index (χ1) is 10.6. The highest BCUT2D eigenvalue weighted by Gasteiger charge is 2.52. The summed E-state index contributed by atoms with van der Waals surface area (Å²) in [5.41, 5.74) is -1.62. The van der Waals surface area contributed by atoms with Gasteiger partial charge in [-0.2, -0.15) is 0 Å². The van der Waals surface area contributed by atoms with Gasteiger partial charge in [-0.15, -0.1) is 0 Å². The molecule has 0 amide bonds. The summed E-state index contributed by atoms with van der Waals surface area (Å²) in [6, 6.07) is 0. The van der Waals surface area contributed by atoms with Crippen LogP contribution in [0.15, 0.2) is 12.2 Å². The number of carbonyl (C=O) groups is 2. The molecule has 0 aliphatic heterocycles. The highest BCUT2D eigenvalue weighted by Crippen LogP contribution is 2.43. The third-order valence-corrected chi connectivity index (χ3v) is 4.83. The van der Waals surface area contributed by atoms with Crippen LogP contribution in [0.2, 0.25) is 0 Å². The van der Waals surface area contributed by atoms with Crippen LogP contribution in [0.5, 0.6) is 0 Å². The summed E-state index contributed by atoms with van der Waals surface area (Å²) in [5.74, 6) is -2.75. The predicted molar refractivity (Wildman–Crippen MR) is 86.8 cm³/mol. The predicted octanol–water partition coefficient (Wildman–Crippen LogP) is 4.64. The van der Waals surface area contributed by atoms with E-state index in [9.17, 15) is 19.8 Å². The molecule has 1 atom stereocenters. The molecule has 1 rings (SSSR count). The lowest BCUT2D eigenvalue weighted by molar-refractivity contribution is -0.170. The Balaban J connectivity index is 2.48. The van der Waals surface area contributed by atoms with Crippen LogP contribution >= 0.6 is 0 Å². The number of allylic oxidation sites excluding steroid dienone is 2. The van der Waals surface area contributed by atoms with Gasteiger partial charge in [0.05, 0.1) is 0 Å². The fraction of sp³-hybridized carbons (Fsp3) is 0.778. The molecule has 0 aromatic rings. The Morgan fingerprint density at radius 1 is 1.05 bits per heavy atom. The van der Waals surface area contributed by atoms with E-state index in [2.05, 4.69) is 6.92 Å². The van der Waals surface area contributed by atoms with Crippen molar-refractivity contribution < 1.29 is 19.8 Å². The molecule has 0 spiro atoms. The first kappa shape index (κ1) is 18.7. The summed E-state index contributed by atoms with van der Waals surface area (Å²) >= 11 is 0. The molecule has 1 aliphatic rings. The number of carboxylic acids is 2. The van der Waals surface area contributed by atoms with E-state index in [1.54, 1.807) is 0 Å². The lowest BCUT2D eigenvalue weighted by Crippen LogP contribution is -2.47. The van der Waals surface area contributed by atoms with E-state index in [1.807, 2.05) is 12.2 Å². The van der Waals surface area contributed by atoms with Crippen LogP contribution in [0.25, 0.3) is 0 Å². The molecule has 126 valence electrons. The van der Waals surface area contributed by atoms with Crippen molar-refractivity contribution in [3.05, 3.63) is 12.2 Å². The van der Waals surface area contributed by atoms with Crippen molar-refractivity contribution in [1.29, 1.82) is 0 Å². The molecule has 0 heterocycles. The van der Waals surface area contributed by atoms with Gasteiger partial charge in [-0.1, -0.05) is 64.0 Å². The van der Waals surface area contributed by atoms with Crippen molar-refractivity contribution in [3.63, 3.8) is 0 Å². The van der Waals surface area contributed by atoms with Gasteiger partial charge < -0.3 is 10.2 Å². The monoisotopic (exact) mass is 310 g/mol. The summed E-state index contributed by atoms with van der Waals surface area (Å²) in [7, 11) is 0. The first-order valence-corrected chi connectivity index (χ1v) is 8.69. The van der Waals surface area contributed by atoms with Crippen molar-refractivity contribution in [2.75, 3.05) is 0 Å². The fourth-order valence-electron chi connectivity index (χ4n) is 3.39. The number of unbranched alkanes of at least 4 members (excludes halogenated alkanes) is 6. The third-order valence-electron chi connectivity index (χ3n) is 4.83. The van der Waals surface area contributed by atoms with Crippen molar-refractivity contribution in [2.45, 2.75) is 77.6 Å². The molecule has 2 N–H and O–H groups in total. The lowest BCUT2D eigenvalue weighted by atomic mass is 9.66. The lowest BCUT2D eigenvalue weighted by Gasteiger charge is -2.35. The maximum atomic E-state index is 11.5. The van der Waals surface area contributed by atoms with E-state index in [0.717, 1.165) is 19.3 Å². The van der Waals surface area contributed by atoms with E-state index in [0.29, 0.717) is 12.8 Å². The molecule has 0 aromatic carbocycles. The van der Waals surface area contributed by atoms with Crippen LogP contribution in [-0.4, -0.2) is 22.2 Å². The van der Waals surface area contributed by atoms with Crippen LogP contribution in [0, 0.1) is 11.3 Å². The minimum absolute atomic E-state index is 0.240. The molecule has 4 heteroatoms. The Morgan fingerprint density at radius 3 is 2.32 bits per heavy atom. The normalized spacial score (nSPS) is 21.0. The summed E-state index contributed by atoms with van der Waals surface area (Å²) in [5, 5.41) is 18.9. The summed E-state index contributed by atoms with van der Waals surface area (Å²) in [6.07, 6.45) is 14.6. The topological polar surface area (TPSA) is 74.6 Å². The maximum absolute atomic E-state index is 11.5. The third kappa shape index (κ3) is 4.85. The van der Waals surface area contributed by atoms with Crippen LogP contribution in [0.1, 0.15) is 77.6 Å². The second-order valence-corrected chi connectivity index (χ2v) is 6.42. The molecular weight excluding hydrogens is 280 g/mol. The van der Waals surface area contributed by atoms with Gasteiger partial charge in [0, 0.05) is 5.92 Å². The van der Waals surface area contributed by atoms with E-state index in [-0.39, 0.29) is 12.3 Å². The Bertz CT molecular complexity index is 373. The van der Waals surface area contributed by atoms with Crippen LogP contribution in [0.3, 0.4) is 0 Å². The highest BCUT2D eigenvalue weighted by atomic mass is 16.4. The zero-order valence-corrected chi connectivity index (χ0v) is 13.7. The molecule has 1 aliphatic carbocycles. The van der Waals surface area contributed by atoms with Crippen molar-refractivity contribution in [3.8, 4) is 0 Å². The van der Waals surface area contributed by atoms with E-state index >= 15 is 0 Å². The average molecular weight is 310 g/mol. The number of rotatable bonds is 10. The molecule has 0 bridgehead atoms. The molecular formula is C18H30O4. The van der Waals surface area contributed by atoms with Gasteiger partial charge in [0.2, 0.25) is 0 Å². The standard InChI is InChI=1S/C18H30O4/c1-2-3-4-5-6-7-8-9-12-15-13-10-11-14-18(15,16(19)20)17(21)22/h9,12,15H,2-8,10-11,13-14H2,1H3,(H,19,20)(H,21,22)/b12-9+. The second kappa shape index (κ2) is 9.65. The Hall–Kier alpha value is -1.32. The zero-order valence-electron chi connectivity index (χ0n) is 13.7. The quantitative estimate of drug-likeness (QED) is 0.350. The fourth-order valence-corrected chi connectivity index (χ4v) is 3.39. The van der Waals surface area contributed by atoms with Crippen molar-refractivity contribution >= 4 is 11.9 Å². The number of hydrogen-bond donors (Lipinski definition) is 2.